The lowest BCUT2D eigenvalue weighted by atomic mass is 9.54. The summed E-state index contributed by atoms with van der Waals surface area (Å²) in [5, 5.41) is 3.52. The fraction of sp³-hybridized carbons (Fsp3) is 0.611. The van der Waals surface area contributed by atoms with Crippen molar-refractivity contribution < 1.29 is 19.1 Å². The number of nitrogens with zero attached hydrogens (tertiary/aromatic N) is 3. The molecule has 7 aliphatic rings. The summed E-state index contributed by atoms with van der Waals surface area (Å²) < 4.78 is 11.8. The van der Waals surface area contributed by atoms with Crippen molar-refractivity contribution in [2.24, 2.45) is 29.6 Å². The van der Waals surface area contributed by atoms with Crippen LogP contribution in [0.5, 0.6) is 5.75 Å². The van der Waals surface area contributed by atoms with Gasteiger partial charge in [-0.3, -0.25) is 9.69 Å². The molecule has 0 unspecified atom stereocenters. The lowest BCUT2D eigenvalue weighted by Crippen LogP contribution is -2.59. The molecule has 4 saturated carbocycles. The van der Waals surface area contributed by atoms with Crippen LogP contribution in [0.3, 0.4) is 0 Å². The Morgan fingerprint density at radius 1 is 0.750 bits per heavy atom. The number of urea groups is 1. The molecule has 0 aromatic heterocycles. The molecule has 4 bridgehead atoms. The molecule has 2 saturated heterocycles. The second kappa shape index (κ2) is 11.9. The van der Waals surface area contributed by atoms with Gasteiger partial charge in [0.05, 0.1) is 11.4 Å². The number of nitrogens with one attached hydrogen (secondary N) is 1. The minimum atomic E-state index is 0.0684. The molecule has 0 atom stereocenters. The van der Waals surface area contributed by atoms with Crippen molar-refractivity contribution in [1.29, 1.82) is 0 Å². The summed E-state index contributed by atoms with van der Waals surface area (Å²) in [4.78, 5) is 32.9. The van der Waals surface area contributed by atoms with Crippen LogP contribution in [0, 0.1) is 29.6 Å². The molecule has 2 aromatic rings. The van der Waals surface area contributed by atoms with E-state index in [1.807, 2.05) is 15.9 Å². The minimum Gasteiger partial charge on any atom is -0.490 e. The zero-order valence-electron chi connectivity index (χ0n) is 25.7. The van der Waals surface area contributed by atoms with E-state index in [9.17, 15) is 9.59 Å². The third-order valence-corrected chi connectivity index (χ3v) is 11.5. The monoisotopic (exact) mass is 598 g/mol. The lowest BCUT2D eigenvalue weighted by molar-refractivity contribution is -0.140. The maximum Gasteiger partial charge on any atom is 0.322 e. The van der Waals surface area contributed by atoms with Gasteiger partial charge in [-0.2, -0.15) is 0 Å². The Kier molecular flexibility index (Phi) is 7.65. The number of anilines is 3. The first kappa shape index (κ1) is 28.2. The van der Waals surface area contributed by atoms with E-state index in [1.54, 1.807) is 0 Å². The van der Waals surface area contributed by atoms with Gasteiger partial charge >= 0.3 is 6.03 Å². The predicted octanol–water partition coefficient (Wildman–Crippen LogP) is 5.98. The van der Waals surface area contributed by atoms with Crippen LogP contribution in [0.2, 0.25) is 0 Å². The molecular formula is C36H46N4O4. The molecule has 234 valence electrons. The second-order valence-corrected chi connectivity index (χ2v) is 14.2. The zero-order valence-corrected chi connectivity index (χ0v) is 25.7. The predicted molar refractivity (Wildman–Crippen MR) is 170 cm³/mol. The lowest BCUT2D eigenvalue weighted by Gasteiger charge is -2.54. The Hall–Kier alpha value is -3.26. The van der Waals surface area contributed by atoms with E-state index in [4.69, 9.17) is 9.47 Å². The fourth-order valence-corrected chi connectivity index (χ4v) is 9.52. The summed E-state index contributed by atoms with van der Waals surface area (Å²) in [5.74, 6) is 4.42. The summed E-state index contributed by atoms with van der Waals surface area (Å²) in [6.45, 7) is 4.31. The average Bonchev–Trinajstić information content (AvgIpc) is 3.06. The maximum absolute atomic E-state index is 13.7. The Morgan fingerprint density at radius 3 is 2.09 bits per heavy atom. The summed E-state index contributed by atoms with van der Waals surface area (Å²) in [5.41, 5.74) is 3.14. The minimum absolute atomic E-state index is 0.0684. The van der Waals surface area contributed by atoms with Crippen molar-refractivity contribution in [2.45, 2.75) is 69.9 Å². The molecule has 6 fully saturated rings. The molecule has 8 heteroatoms. The van der Waals surface area contributed by atoms with Crippen molar-refractivity contribution in [2.75, 3.05) is 49.2 Å². The number of amides is 3. The number of fused-ring (bicyclic) bond motifs is 1. The maximum atomic E-state index is 13.7. The van der Waals surface area contributed by atoms with E-state index in [0.717, 1.165) is 80.0 Å². The van der Waals surface area contributed by atoms with E-state index in [2.05, 4.69) is 52.7 Å². The molecule has 2 aromatic carbocycles. The van der Waals surface area contributed by atoms with E-state index < -0.39 is 0 Å². The van der Waals surface area contributed by atoms with E-state index in [-0.39, 0.29) is 18.1 Å². The highest BCUT2D eigenvalue weighted by Crippen LogP contribution is 2.53. The quantitative estimate of drug-likeness (QED) is 0.459. The van der Waals surface area contributed by atoms with Gasteiger partial charge in [0.2, 0.25) is 5.91 Å². The van der Waals surface area contributed by atoms with Crippen molar-refractivity contribution in [3.63, 3.8) is 0 Å². The molecule has 3 amide bonds. The SMILES string of the molecule is O=C(C1CCOCC1)N1CCC(Oc2ccc(N3CCN(C(=O)NC4C5CC6CC(C5)CC4C6)c4ccccc43)cc2)CC1. The number of hydrogen-bond acceptors (Lipinski definition) is 5. The highest BCUT2D eigenvalue weighted by atomic mass is 16.5. The second-order valence-electron chi connectivity index (χ2n) is 14.2. The highest BCUT2D eigenvalue weighted by Gasteiger charge is 2.49. The Bertz CT molecular complexity index is 1320. The van der Waals surface area contributed by atoms with Gasteiger partial charge < -0.3 is 24.6 Å². The van der Waals surface area contributed by atoms with Gasteiger partial charge in [-0.15, -0.1) is 0 Å². The number of hydrogen-bond donors (Lipinski definition) is 1. The number of likely N-dealkylation sites (tertiary alicyclic amines) is 1. The summed E-state index contributed by atoms with van der Waals surface area (Å²) in [6.07, 6.45) is 10.2. The van der Waals surface area contributed by atoms with Crippen LogP contribution in [0.25, 0.3) is 0 Å². The molecule has 9 rings (SSSR count). The van der Waals surface area contributed by atoms with Crippen LogP contribution in [-0.2, 0) is 9.53 Å². The third kappa shape index (κ3) is 5.44. The fourth-order valence-electron chi connectivity index (χ4n) is 9.52. The Morgan fingerprint density at radius 2 is 1.41 bits per heavy atom. The van der Waals surface area contributed by atoms with Gasteiger partial charge in [0.25, 0.3) is 0 Å². The summed E-state index contributed by atoms with van der Waals surface area (Å²) in [6, 6.07) is 17.1. The highest BCUT2D eigenvalue weighted by molar-refractivity contribution is 5.98. The van der Waals surface area contributed by atoms with Crippen LogP contribution in [0.1, 0.15) is 57.8 Å². The third-order valence-electron chi connectivity index (χ3n) is 11.5. The molecule has 3 heterocycles. The molecule has 0 spiro atoms. The molecule has 8 nitrogen and oxygen atoms in total. The topological polar surface area (TPSA) is 74.3 Å². The molecule has 1 N–H and O–H groups in total. The van der Waals surface area contributed by atoms with Gasteiger partial charge in [0, 0.05) is 69.9 Å². The van der Waals surface area contributed by atoms with Gasteiger partial charge in [0.15, 0.2) is 0 Å². The normalized spacial score (nSPS) is 30.3. The first-order valence-electron chi connectivity index (χ1n) is 17.2. The number of carbonyl (C=O) groups is 2. The average molecular weight is 599 g/mol. The Labute approximate surface area is 261 Å². The van der Waals surface area contributed by atoms with Gasteiger partial charge in [-0.1, -0.05) is 12.1 Å². The number of carbonyl (C=O) groups excluding carboxylic acids is 2. The van der Waals surface area contributed by atoms with E-state index in [0.29, 0.717) is 43.5 Å². The number of para-hydroxylation sites is 2. The number of rotatable bonds is 5. The van der Waals surface area contributed by atoms with Crippen LogP contribution >= 0.6 is 0 Å². The van der Waals surface area contributed by atoms with Crippen molar-refractivity contribution >= 4 is 29.0 Å². The first-order valence-corrected chi connectivity index (χ1v) is 17.2. The van der Waals surface area contributed by atoms with Crippen molar-refractivity contribution in [3.8, 4) is 5.75 Å². The standard InChI is InChI=1S/C36H46N4O4/c41-35(26-11-17-43-18-12-26)38-13-9-31(10-14-38)44-30-7-5-29(6-8-30)39-15-16-40(33-4-2-1-3-32(33)39)36(42)37-34-27-20-24-19-25(22-27)23-28(34)21-24/h1-8,24-28,31,34H,9-23H2,(H,37,42). The van der Waals surface area contributed by atoms with Crippen molar-refractivity contribution in [1.82, 2.24) is 10.2 Å². The molecule has 4 aliphatic carbocycles. The smallest absolute Gasteiger partial charge is 0.322 e. The number of ether oxygens (including phenoxy) is 2. The number of piperidine rings is 1. The largest absolute Gasteiger partial charge is 0.490 e. The van der Waals surface area contributed by atoms with Crippen molar-refractivity contribution in [3.05, 3.63) is 48.5 Å². The van der Waals surface area contributed by atoms with Gasteiger partial charge in [-0.25, -0.2) is 4.79 Å². The van der Waals surface area contributed by atoms with Crippen LogP contribution in [-0.4, -0.2) is 68.4 Å². The molecule has 44 heavy (non-hydrogen) atoms. The van der Waals surface area contributed by atoms with E-state index in [1.165, 1.54) is 32.1 Å². The van der Waals surface area contributed by atoms with Crippen LogP contribution in [0.15, 0.2) is 48.5 Å². The summed E-state index contributed by atoms with van der Waals surface area (Å²) >= 11 is 0. The molecule has 0 radical (unpaired) electrons. The zero-order chi connectivity index (χ0) is 29.6. The van der Waals surface area contributed by atoms with Crippen LogP contribution < -0.4 is 19.9 Å². The van der Waals surface area contributed by atoms with Gasteiger partial charge in [0.1, 0.15) is 11.9 Å². The van der Waals surface area contributed by atoms with Crippen LogP contribution in [0.4, 0.5) is 21.9 Å². The Balaban J connectivity index is 0.887. The summed E-state index contributed by atoms with van der Waals surface area (Å²) in [7, 11) is 0. The molecule has 3 aliphatic heterocycles. The van der Waals surface area contributed by atoms with Gasteiger partial charge in [-0.05, 0) is 105 Å². The first-order chi connectivity index (χ1) is 21.6. The number of benzene rings is 2. The van der Waals surface area contributed by atoms with E-state index >= 15 is 0 Å². The molecular weight excluding hydrogens is 552 g/mol.